The molecule has 2 nitrogen and oxygen atoms in total. The largest absolute Gasteiger partial charge is 0.384 e. The molecule has 14 heavy (non-hydrogen) atoms. The molecule has 0 radical (unpaired) electrons. The molecule has 0 aromatic rings. The van der Waals surface area contributed by atoms with Crippen LogP contribution in [0.1, 0.15) is 39.5 Å². The van der Waals surface area contributed by atoms with Crippen molar-refractivity contribution in [2.24, 2.45) is 11.8 Å². The highest BCUT2D eigenvalue weighted by Crippen LogP contribution is 2.35. The van der Waals surface area contributed by atoms with Gasteiger partial charge in [-0.3, -0.25) is 0 Å². The Hall–Kier alpha value is -0.0800. The molecule has 0 aliphatic heterocycles. The lowest BCUT2D eigenvalue weighted by atomic mass is 9.99. The van der Waals surface area contributed by atoms with Crippen molar-refractivity contribution in [1.29, 1.82) is 0 Å². The zero-order valence-corrected chi connectivity index (χ0v) is 9.88. The summed E-state index contributed by atoms with van der Waals surface area (Å²) in [5, 5.41) is 3.67. The molecule has 1 rings (SSSR count). The van der Waals surface area contributed by atoms with Gasteiger partial charge in [-0.15, -0.1) is 0 Å². The minimum absolute atomic E-state index is 0.690. The Morgan fingerprint density at radius 3 is 2.64 bits per heavy atom. The van der Waals surface area contributed by atoms with Gasteiger partial charge >= 0.3 is 0 Å². The fraction of sp³-hybridized carbons (Fsp3) is 1.00. The average molecular weight is 199 g/mol. The summed E-state index contributed by atoms with van der Waals surface area (Å²) in [7, 11) is 1.79. The van der Waals surface area contributed by atoms with Crippen molar-refractivity contribution >= 4 is 0 Å². The summed E-state index contributed by atoms with van der Waals surface area (Å²) in [6, 6.07) is 0.750. The number of hydrogen-bond donors (Lipinski definition) is 1. The van der Waals surface area contributed by atoms with Gasteiger partial charge in [0.05, 0.1) is 0 Å². The highest BCUT2D eigenvalue weighted by molar-refractivity contribution is 4.87. The maximum absolute atomic E-state index is 5.18. The van der Waals surface area contributed by atoms with E-state index in [1.807, 2.05) is 0 Å². The van der Waals surface area contributed by atoms with Crippen molar-refractivity contribution in [1.82, 2.24) is 5.32 Å². The van der Waals surface area contributed by atoms with Crippen molar-refractivity contribution in [3.05, 3.63) is 0 Å². The van der Waals surface area contributed by atoms with Gasteiger partial charge in [-0.2, -0.15) is 0 Å². The van der Waals surface area contributed by atoms with E-state index in [2.05, 4.69) is 19.2 Å². The molecule has 1 aliphatic rings. The van der Waals surface area contributed by atoms with E-state index >= 15 is 0 Å². The van der Waals surface area contributed by atoms with Crippen LogP contribution in [0, 0.1) is 11.8 Å². The van der Waals surface area contributed by atoms with Gasteiger partial charge < -0.3 is 10.1 Å². The SMILES string of the molecule is CCCNC(CC(C)COC)C1CC1. The molecule has 1 saturated carbocycles. The van der Waals surface area contributed by atoms with Crippen LogP contribution in [-0.4, -0.2) is 26.3 Å². The summed E-state index contributed by atoms with van der Waals surface area (Å²) in [5.41, 5.74) is 0. The highest BCUT2D eigenvalue weighted by Gasteiger charge is 2.31. The van der Waals surface area contributed by atoms with E-state index < -0.39 is 0 Å². The standard InChI is InChI=1S/C12H25NO/c1-4-7-13-12(11-5-6-11)8-10(2)9-14-3/h10-13H,4-9H2,1-3H3. The first-order valence-electron chi connectivity index (χ1n) is 6.00. The van der Waals surface area contributed by atoms with Crippen LogP contribution in [0.25, 0.3) is 0 Å². The third-order valence-corrected chi connectivity index (χ3v) is 2.96. The molecule has 1 N–H and O–H groups in total. The third kappa shape index (κ3) is 4.43. The zero-order chi connectivity index (χ0) is 10.4. The Labute approximate surface area is 88.4 Å². The molecule has 2 atom stereocenters. The summed E-state index contributed by atoms with van der Waals surface area (Å²) < 4.78 is 5.18. The molecule has 84 valence electrons. The molecule has 0 saturated heterocycles. The van der Waals surface area contributed by atoms with E-state index in [0.29, 0.717) is 5.92 Å². The lowest BCUT2D eigenvalue weighted by molar-refractivity contribution is 0.147. The quantitative estimate of drug-likeness (QED) is 0.648. The molecule has 0 aromatic heterocycles. The summed E-state index contributed by atoms with van der Waals surface area (Å²) in [5.74, 6) is 1.65. The van der Waals surface area contributed by atoms with Crippen LogP contribution in [0.15, 0.2) is 0 Å². The van der Waals surface area contributed by atoms with E-state index in [-0.39, 0.29) is 0 Å². The Morgan fingerprint density at radius 2 is 2.14 bits per heavy atom. The zero-order valence-electron chi connectivity index (χ0n) is 9.88. The molecule has 2 heteroatoms. The summed E-state index contributed by atoms with van der Waals surface area (Å²) in [6.07, 6.45) is 5.38. The predicted octanol–water partition coefficient (Wildman–Crippen LogP) is 2.44. The fourth-order valence-electron chi connectivity index (χ4n) is 2.06. The number of ether oxygens (including phenoxy) is 1. The second-order valence-corrected chi connectivity index (χ2v) is 4.69. The van der Waals surface area contributed by atoms with E-state index in [4.69, 9.17) is 4.74 Å². The van der Waals surface area contributed by atoms with Gasteiger partial charge in [-0.25, -0.2) is 0 Å². The van der Waals surface area contributed by atoms with Gasteiger partial charge in [0, 0.05) is 19.8 Å². The van der Waals surface area contributed by atoms with Crippen LogP contribution in [0.4, 0.5) is 0 Å². The first-order chi connectivity index (χ1) is 6.77. The molecule has 1 fully saturated rings. The Bertz CT molecular complexity index is 145. The van der Waals surface area contributed by atoms with Crippen LogP contribution in [0.3, 0.4) is 0 Å². The second-order valence-electron chi connectivity index (χ2n) is 4.69. The summed E-state index contributed by atoms with van der Waals surface area (Å²) >= 11 is 0. The van der Waals surface area contributed by atoms with E-state index in [1.54, 1.807) is 7.11 Å². The fourth-order valence-corrected chi connectivity index (χ4v) is 2.06. The molecule has 0 aromatic carbocycles. The first-order valence-corrected chi connectivity index (χ1v) is 6.00. The first kappa shape index (κ1) is 12.0. The van der Waals surface area contributed by atoms with Crippen molar-refractivity contribution < 1.29 is 4.74 Å². The topological polar surface area (TPSA) is 21.3 Å². The summed E-state index contributed by atoms with van der Waals surface area (Å²) in [4.78, 5) is 0. The van der Waals surface area contributed by atoms with Crippen LogP contribution in [0.5, 0.6) is 0 Å². The number of hydrogen-bond acceptors (Lipinski definition) is 2. The van der Waals surface area contributed by atoms with E-state index in [0.717, 1.165) is 18.6 Å². The van der Waals surface area contributed by atoms with E-state index in [9.17, 15) is 0 Å². The highest BCUT2D eigenvalue weighted by atomic mass is 16.5. The van der Waals surface area contributed by atoms with E-state index in [1.165, 1.54) is 32.2 Å². The number of nitrogens with one attached hydrogen (secondary N) is 1. The molecular weight excluding hydrogens is 174 g/mol. The molecular formula is C12H25NO. The maximum atomic E-state index is 5.18. The number of methoxy groups -OCH3 is 1. The smallest absolute Gasteiger partial charge is 0.0488 e. The van der Waals surface area contributed by atoms with Crippen LogP contribution in [0.2, 0.25) is 0 Å². The molecule has 1 aliphatic carbocycles. The van der Waals surface area contributed by atoms with Gasteiger partial charge in [0.25, 0.3) is 0 Å². The van der Waals surface area contributed by atoms with Crippen molar-refractivity contribution in [3.63, 3.8) is 0 Å². The Kier molecular flexibility index (Phi) is 5.49. The summed E-state index contributed by atoms with van der Waals surface area (Å²) in [6.45, 7) is 6.58. The van der Waals surface area contributed by atoms with Gasteiger partial charge in [0.2, 0.25) is 0 Å². The minimum Gasteiger partial charge on any atom is -0.384 e. The third-order valence-electron chi connectivity index (χ3n) is 2.96. The van der Waals surface area contributed by atoms with Crippen molar-refractivity contribution in [2.75, 3.05) is 20.3 Å². The molecule has 0 bridgehead atoms. The van der Waals surface area contributed by atoms with Gasteiger partial charge in [0.15, 0.2) is 0 Å². The lowest BCUT2D eigenvalue weighted by Gasteiger charge is -2.21. The second kappa shape index (κ2) is 6.41. The molecule has 0 amide bonds. The van der Waals surface area contributed by atoms with Crippen LogP contribution < -0.4 is 5.32 Å². The minimum atomic E-state index is 0.690. The molecule has 0 heterocycles. The Balaban J connectivity index is 2.20. The molecule has 0 spiro atoms. The van der Waals surface area contributed by atoms with Crippen LogP contribution >= 0.6 is 0 Å². The normalized spacial score (nSPS) is 20.8. The monoisotopic (exact) mass is 199 g/mol. The average Bonchev–Trinajstić information content (AvgIpc) is 2.95. The van der Waals surface area contributed by atoms with Gasteiger partial charge in [0.1, 0.15) is 0 Å². The van der Waals surface area contributed by atoms with Crippen molar-refractivity contribution in [2.45, 2.75) is 45.6 Å². The predicted molar refractivity (Wildman–Crippen MR) is 60.5 cm³/mol. The number of rotatable bonds is 8. The van der Waals surface area contributed by atoms with Gasteiger partial charge in [-0.05, 0) is 44.1 Å². The van der Waals surface area contributed by atoms with Crippen LogP contribution in [-0.2, 0) is 4.74 Å². The lowest BCUT2D eigenvalue weighted by Crippen LogP contribution is -2.34. The Morgan fingerprint density at radius 1 is 1.43 bits per heavy atom. The van der Waals surface area contributed by atoms with Gasteiger partial charge in [-0.1, -0.05) is 13.8 Å². The van der Waals surface area contributed by atoms with Crippen molar-refractivity contribution in [3.8, 4) is 0 Å². The molecule has 2 unspecified atom stereocenters. The maximum Gasteiger partial charge on any atom is 0.0488 e.